The Morgan fingerprint density at radius 1 is 1.44 bits per heavy atom. The van der Waals surface area contributed by atoms with Gasteiger partial charge >= 0.3 is 0 Å². The van der Waals surface area contributed by atoms with Crippen molar-refractivity contribution in [2.75, 3.05) is 26.7 Å². The van der Waals surface area contributed by atoms with Crippen LogP contribution in [0.3, 0.4) is 0 Å². The zero-order valence-electron chi connectivity index (χ0n) is 11.0. The van der Waals surface area contributed by atoms with Gasteiger partial charge in [-0.25, -0.2) is 4.39 Å². The number of ether oxygens (including phenoxy) is 1. The van der Waals surface area contributed by atoms with Crippen molar-refractivity contribution in [3.05, 3.63) is 29.6 Å². The highest BCUT2D eigenvalue weighted by Crippen LogP contribution is 2.19. The van der Waals surface area contributed by atoms with E-state index < -0.39 is 0 Å². The van der Waals surface area contributed by atoms with Crippen LogP contribution in [0, 0.1) is 5.82 Å². The molecule has 0 spiro atoms. The highest BCUT2D eigenvalue weighted by Gasteiger charge is 2.08. The molecule has 5 heteroatoms. The number of hydrogen-bond donors (Lipinski definition) is 2. The Hall–Kier alpha value is -1.17. The fourth-order valence-corrected chi connectivity index (χ4v) is 1.77. The van der Waals surface area contributed by atoms with Gasteiger partial charge in [0.15, 0.2) is 11.6 Å². The molecule has 0 saturated heterocycles. The maximum absolute atomic E-state index is 13.6. The fourth-order valence-electron chi connectivity index (χ4n) is 1.77. The second-order valence-electron chi connectivity index (χ2n) is 4.39. The van der Waals surface area contributed by atoms with Gasteiger partial charge in [0, 0.05) is 25.7 Å². The van der Waals surface area contributed by atoms with Crippen LogP contribution in [0.4, 0.5) is 4.39 Å². The smallest absolute Gasteiger partial charge is 0.165 e. The zero-order valence-corrected chi connectivity index (χ0v) is 11.0. The first-order valence-electron chi connectivity index (χ1n) is 6.12. The van der Waals surface area contributed by atoms with Crippen LogP contribution in [0.2, 0.25) is 0 Å². The Kier molecular flexibility index (Phi) is 6.04. The Balaban J connectivity index is 2.59. The number of benzene rings is 1. The summed E-state index contributed by atoms with van der Waals surface area (Å²) in [6, 6.07) is 4.96. The molecule has 0 aliphatic rings. The first-order valence-corrected chi connectivity index (χ1v) is 6.12. The molecular weight excluding hydrogens is 233 g/mol. The van der Waals surface area contributed by atoms with Crippen LogP contribution in [0.15, 0.2) is 18.2 Å². The predicted molar refractivity (Wildman–Crippen MR) is 70.9 cm³/mol. The number of nitrogens with zero attached hydrogens (tertiary/aromatic N) is 1. The molecule has 0 aliphatic heterocycles. The molecule has 1 unspecified atom stereocenters. The van der Waals surface area contributed by atoms with Gasteiger partial charge in [-0.05, 0) is 31.7 Å². The van der Waals surface area contributed by atoms with Gasteiger partial charge in [0.2, 0.25) is 0 Å². The normalized spacial score (nSPS) is 12.8. The summed E-state index contributed by atoms with van der Waals surface area (Å²) in [6.07, 6.45) is 0. The summed E-state index contributed by atoms with van der Waals surface area (Å²) >= 11 is 0. The molecule has 0 heterocycles. The van der Waals surface area contributed by atoms with E-state index in [0.29, 0.717) is 32.0 Å². The van der Waals surface area contributed by atoms with Crippen LogP contribution < -0.4 is 16.2 Å². The average molecular weight is 255 g/mol. The molecule has 0 bridgehead atoms. The van der Waals surface area contributed by atoms with Crippen molar-refractivity contribution in [2.24, 2.45) is 11.5 Å². The molecule has 1 rings (SSSR count). The first-order chi connectivity index (χ1) is 8.56. The molecule has 0 fully saturated rings. The number of hydrogen-bond acceptors (Lipinski definition) is 4. The lowest BCUT2D eigenvalue weighted by atomic mass is 10.2. The Labute approximate surface area is 108 Å². The van der Waals surface area contributed by atoms with E-state index >= 15 is 0 Å². The van der Waals surface area contributed by atoms with Crippen molar-refractivity contribution < 1.29 is 9.13 Å². The van der Waals surface area contributed by atoms with Crippen LogP contribution in [-0.4, -0.2) is 37.7 Å². The van der Waals surface area contributed by atoms with Gasteiger partial charge in [0.1, 0.15) is 0 Å². The Morgan fingerprint density at radius 2 is 2.17 bits per heavy atom. The summed E-state index contributed by atoms with van der Waals surface area (Å²) in [4.78, 5) is 2.02. The van der Waals surface area contributed by atoms with Crippen molar-refractivity contribution in [2.45, 2.75) is 19.5 Å². The number of rotatable bonds is 7. The summed E-state index contributed by atoms with van der Waals surface area (Å²) in [5.41, 5.74) is 12.1. The second kappa shape index (κ2) is 7.31. The minimum atomic E-state index is -0.328. The van der Waals surface area contributed by atoms with Gasteiger partial charge in [-0.15, -0.1) is 0 Å². The van der Waals surface area contributed by atoms with Crippen molar-refractivity contribution in [1.82, 2.24) is 4.90 Å². The van der Waals surface area contributed by atoms with Gasteiger partial charge in [-0.2, -0.15) is 0 Å². The van der Waals surface area contributed by atoms with E-state index in [0.717, 1.165) is 5.56 Å². The monoisotopic (exact) mass is 255 g/mol. The minimum Gasteiger partial charge on any atom is -0.491 e. The largest absolute Gasteiger partial charge is 0.491 e. The Bertz CT molecular complexity index is 373. The molecule has 4 N–H and O–H groups in total. The van der Waals surface area contributed by atoms with Gasteiger partial charge in [0.05, 0.1) is 6.61 Å². The highest BCUT2D eigenvalue weighted by molar-refractivity contribution is 5.29. The fraction of sp³-hybridized carbons (Fsp3) is 0.538. The minimum absolute atomic E-state index is 0.0532. The van der Waals surface area contributed by atoms with E-state index in [1.807, 2.05) is 24.9 Å². The molecule has 4 nitrogen and oxygen atoms in total. The molecule has 0 amide bonds. The molecule has 1 aromatic carbocycles. The summed E-state index contributed by atoms with van der Waals surface area (Å²) < 4.78 is 18.8. The molecule has 0 aromatic heterocycles. The van der Waals surface area contributed by atoms with E-state index in [-0.39, 0.29) is 11.9 Å². The molecule has 0 saturated carbocycles. The summed E-state index contributed by atoms with van der Waals surface area (Å²) in [7, 11) is 1.93. The van der Waals surface area contributed by atoms with E-state index in [4.69, 9.17) is 16.2 Å². The van der Waals surface area contributed by atoms with Gasteiger partial charge in [-0.1, -0.05) is 6.07 Å². The molecule has 18 heavy (non-hydrogen) atoms. The summed E-state index contributed by atoms with van der Waals surface area (Å²) in [5.74, 6) is -0.0339. The number of halogens is 1. The first kappa shape index (κ1) is 14.9. The SMILES string of the molecule is CCOc1ccc(CN(C)CC(N)CN)cc1F. The second-order valence-corrected chi connectivity index (χ2v) is 4.39. The maximum Gasteiger partial charge on any atom is 0.165 e. The third-order valence-electron chi connectivity index (χ3n) is 2.60. The molecular formula is C13H22FN3O. The van der Waals surface area contributed by atoms with Crippen molar-refractivity contribution in [3.8, 4) is 5.75 Å². The van der Waals surface area contributed by atoms with Gasteiger partial charge in [-0.3, -0.25) is 0 Å². The quantitative estimate of drug-likeness (QED) is 0.761. The molecule has 1 aromatic rings. The third kappa shape index (κ3) is 4.60. The van der Waals surface area contributed by atoms with Crippen LogP contribution in [0.25, 0.3) is 0 Å². The molecule has 1 atom stereocenters. The lowest BCUT2D eigenvalue weighted by Gasteiger charge is -2.20. The highest BCUT2D eigenvalue weighted by atomic mass is 19.1. The van der Waals surface area contributed by atoms with Crippen molar-refractivity contribution >= 4 is 0 Å². The summed E-state index contributed by atoms with van der Waals surface area (Å²) in [5, 5.41) is 0. The van der Waals surface area contributed by atoms with Crippen LogP contribution in [0.5, 0.6) is 5.75 Å². The van der Waals surface area contributed by atoms with E-state index in [1.165, 1.54) is 6.07 Å². The number of likely N-dealkylation sites (N-methyl/N-ethyl adjacent to an activating group) is 1. The topological polar surface area (TPSA) is 64.5 Å². The van der Waals surface area contributed by atoms with E-state index in [2.05, 4.69) is 0 Å². The van der Waals surface area contributed by atoms with Crippen molar-refractivity contribution in [1.29, 1.82) is 0 Å². The van der Waals surface area contributed by atoms with Gasteiger partial charge < -0.3 is 21.1 Å². The molecule has 102 valence electrons. The van der Waals surface area contributed by atoms with E-state index in [1.54, 1.807) is 6.07 Å². The lowest BCUT2D eigenvalue weighted by molar-refractivity contribution is 0.302. The number of nitrogens with two attached hydrogens (primary N) is 2. The Morgan fingerprint density at radius 3 is 2.72 bits per heavy atom. The van der Waals surface area contributed by atoms with Crippen LogP contribution in [-0.2, 0) is 6.54 Å². The summed E-state index contributed by atoms with van der Waals surface area (Å²) in [6.45, 7) is 4.06. The van der Waals surface area contributed by atoms with Gasteiger partial charge in [0.25, 0.3) is 0 Å². The average Bonchev–Trinajstić information content (AvgIpc) is 2.32. The van der Waals surface area contributed by atoms with Crippen molar-refractivity contribution in [3.63, 3.8) is 0 Å². The predicted octanol–water partition coefficient (Wildman–Crippen LogP) is 0.942. The standard InChI is InChI=1S/C13H22FN3O/c1-3-18-13-5-4-10(6-12(13)14)8-17(2)9-11(16)7-15/h4-6,11H,3,7-9,15-16H2,1-2H3. The lowest BCUT2D eigenvalue weighted by Crippen LogP contribution is -2.40. The molecule has 0 aliphatic carbocycles. The maximum atomic E-state index is 13.6. The van der Waals surface area contributed by atoms with Crippen LogP contribution >= 0.6 is 0 Å². The molecule has 0 radical (unpaired) electrons. The zero-order chi connectivity index (χ0) is 13.5. The van der Waals surface area contributed by atoms with Crippen LogP contribution in [0.1, 0.15) is 12.5 Å². The van der Waals surface area contributed by atoms with E-state index in [9.17, 15) is 4.39 Å². The third-order valence-corrected chi connectivity index (χ3v) is 2.60.